The first-order valence-electron chi connectivity index (χ1n) is 10.4. The number of carbonyl (C=O) groups excluding carboxylic acids is 1. The number of benzene rings is 2. The van der Waals surface area contributed by atoms with Crippen LogP contribution in [0.3, 0.4) is 0 Å². The Balaban J connectivity index is 1.78. The molecule has 3 aromatic rings. The number of halogens is 1. The Labute approximate surface area is 181 Å². The summed E-state index contributed by atoms with van der Waals surface area (Å²) in [4.78, 5) is 19.3. The van der Waals surface area contributed by atoms with Gasteiger partial charge in [-0.3, -0.25) is 9.69 Å². The molecule has 2 N–H and O–H groups in total. The zero-order valence-corrected chi connectivity index (χ0v) is 18.1. The Bertz CT molecular complexity index is 1100. The van der Waals surface area contributed by atoms with Crippen LogP contribution in [0.25, 0.3) is 10.9 Å². The minimum absolute atomic E-state index is 0.00372. The van der Waals surface area contributed by atoms with Gasteiger partial charge in [0, 0.05) is 62.2 Å². The number of likely N-dealkylation sites (N-methyl/N-ethyl adjacent to an activating group) is 1. The third kappa shape index (κ3) is 4.16. The van der Waals surface area contributed by atoms with Crippen LogP contribution >= 0.6 is 0 Å². The molecule has 4 rings (SSSR count). The van der Waals surface area contributed by atoms with Gasteiger partial charge in [0.25, 0.3) is 0 Å². The maximum Gasteiger partial charge on any atom is 0.219 e. The fourth-order valence-electron chi connectivity index (χ4n) is 4.59. The van der Waals surface area contributed by atoms with E-state index in [-0.39, 0.29) is 30.3 Å². The Morgan fingerprint density at radius 2 is 2.13 bits per heavy atom. The third-order valence-corrected chi connectivity index (χ3v) is 6.19. The molecule has 31 heavy (non-hydrogen) atoms. The molecule has 1 aromatic heterocycles. The molecule has 2 heterocycles. The number of nitrogens with zero attached hydrogens (tertiary/aromatic N) is 2. The first-order valence-corrected chi connectivity index (χ1v) is 10.4. The number of hydrogen-bond acceptors (Lipinski definition) is 4. The van der Waals surface area contributed by atoms with Gasteiger partial charge in [0.15, 0.2) is 0 Å². The summed E-state index contributed by atoms with van der Waals surface area (Å²) in [7, 11) is 3.43. The summed E-state index contributed by atoms with van der Waals surface area (Å²) < 4.78 is 19.1. The first kappa shape index (κ1) is 21.3. The highest BCUT2D eigenvalue weighted by Gasteiger charge is 2.36. The van der Waals surface area contributed by atoms with E-state index in [0.717, 1.165) is 33.5 Å². The number of aliphatic hydroxyl groups excluding tert-OH is 1. The van der Waals surface area contributed by atoms with Gasteiger partial charge in [0.05, 0.1) is 19.8 Å². The molecule has 0 aliphatic carbocycles. The summed E-state index contributed by atoms with van der Waals surface area (Å²) in [6.45, 7) is 3.19. The van der Waals surface area contributed by atoms with Crippen molar-refractivity contribution in [3.05, 3.63) is 65.1 Å². The minimum atomic E-state index is -0.277. The lowest BCUT2D eigenvalue weighted by Crippen LogP contribution is -2.42. The van der Waals surface area contributed by atoms with Gasteiger partial charge in [-0.1, -0.05) is 12.1 Å². The lowest BCUT2D eigenvalue weighted by molar-refractivity contribution is -0.127. The Kier molecular flexibility index (Phi) is 5.98. The van der Waals surface area contributed by atoms with Crippen LogP contribution < -0.4 is 4.74 Å². The van der Waals surface area contributed by atoms with Crippen molar-refractivity contribution in [2.45, 2.75) is 25.4 Å². The van der Waals surface area contributed by atoms with Gasteiger partial charge in [-0.2, -0.15) is 0 Å². The van der Waals surface area contributed by atoms with E-state index in [1.54, 1.807) is 32.0 Å². The molecule has 0 spiro atoms. The fourth-order valence-corrected chi connectivity index (χ4v) is 4.59. The number of aromatic amines is 1. The van der Waals surface area contributed by atoms with E-state index < -0.39 is 0 Å². The number of aliphatic hydroxyl groups is 1. The van der Waals surface area contributed by atoms with E-state index in [0.29, 0.717) is 19.6 Å². The second-order valence-electron chi connectivity index (χ2n) is 8.22. The van der Waals surface area contributed by atoms with Crippen LogP contribution in [0.2, 0.25) is 0 Å². The summed E-state index contributed by atoms with van der Waals surface area (Å²) in [6.07, 6.45) is 0. The number of aromatic nitrogens is 1. The second kappa shape index (κ2) is 8.69. The Morgan fingerprint density at radius 3 is 2.81 bits per heavy atom. The van der Waals surface area contributed by atoms with Crippen LogP contribution in [0.15, 0.2) is 42.5 Å². The predicted octanol–water partition coefficient (Wildman–Crippen LogP) is 3.43. The summed E-state index contributed by atoms with van der Waals surface area (Å²) in [6, 6.07) is 12.2. The average molecular weight is 426 g/mol. The second-order valence-corrected chi connectivity index (χ2v) is 8.22. The molecule has 0 bridgehead atoms. The number of ether oxygens (including phenoxy) is 1. The summed E-state index contributed by atoms with van der Waals surface area (Å²) >= 11 is 0. The van der Waals surface area contributed by atoms with Gasteiger partial charge in [-0.25, -0.2) is 4.39 Å². The topological polar surface area (TPSA) is 68.8 Å². The lowest BCUT2D eigenvalue weighted by atomic mass is 9.87. The van der Waals surface area contributed by atoms with Crippen LogP contribution in [-0.4, -0.2) is 59.7 Å². The minimum Gasteiger partial charge on any atom is -0.497 e. The molecule has 6 nitrogen and oxygen atoms in total. The van der Waals surface area contributed by atoms with E-state index in [4.69, 9.17) is 4.74 Å². The number of rotatable bonds is 6. The smallest absolute Gasteiger partial charge is 0.219 e. The van der Waals surface area contributed by atoms with Crippen molar-refractivity contribution in [1.82, 2.24) is 14.8 Å². The molecule has 7 heteroatoms. The van der Waals surface area contributed by atoms with Crippen molar-refractivity contribution >= 4 is 16.8 Å². The Hall–Kier alpha value is -2.90. The maximum absolute atomic E-state index is 13.8. The largest absolute Gasteiger partial charge is 0.497 e. The van der Waals surface area contributed by atoms with Gasteiger partial charge >= 0.3 is 0 Å². The van der Waals surface area contributed by atoms with E-state index in [2.05, 4.69) is 9.88 Å². The highest BCUT2D eigenvalue weighted by molar-refractivity contribution is 5.87. The lowest BCUT2D eigenvalue weighted by Gasteiger charge is -2.40. The SMILES string of the molecule is COc1ccc2c3c([nH]c2c1)[C@H](CO)N(Cc1cccc(F)c1)CC3CN(C)C(C)=O. The zero-order valence-electron chi connectivity index (χ0n) is 18.1. The number of fused-ring (bicyclic) bond motifs is 3. The molecular formula is C24H28FN3O3. The van der Waals surface area contributed by atoms with Crippen LogP contribution in [0, 0.1) is 5.82 Å². The molecule has 0 saturated carbocycles. The molecule has 1 amide bonds. The summed E-state index contributed by atoms with van der Waals surface area (Å²) in [5, 5.41) is 11.4. The zero-order chi connectivity index (χ0) is 22.1. The molecule has 0 saturated heterocycles. The molecule has 1 aliphatic rings. The van der Waals surface area contributed by atoms with Gasteiger partial charge in [-0.15, -0.1) is 0 Å². The number of hydrogen-bond donors (Lipinski definition) is 2. The van der Waals surface area contributed by atoms with Gasteiger partial charge < -0.3 is 19.7 Å². The van der Waals surface area contributed by atoms with Gasteiger partial charge in [0.2, 0.25) is 5.91 Å². The van der Waals surface area contributed by atoms with E-state index in [1.165, 1.54) is 12.1 Å². The number of methoxy groups -OCH3 is 1. The normalized spacial score (nSPS) is 18.7. The molecule has 2 atom stereocenters. The van der Waals surface area contributed by atoms with Crippen molar-refractivity contribution < 1.29 is 19.0 Å². The highest BCUT2D eigenvalue weighted by Crippen LogP contribution is 2.42. The van der Waals surface area contributed by atoms with E-state index >= 15 is 0 Å². The van der Waals surface area contributed by atoms with Crippen LogP contribution in [-0.2, 0) is 11.3 Å². The number of H-pyrrole nitrogens is 1. The van der Waals surface area contributed by atoms with Crippen LogP contribution in [0.4, 0.5) is 4.39 Å². The van der Waals surface area contributed by atoms with E-state index in [1.807, 2.05) is 24.3 Å². The standard InChI is InChI=1S/C24H28FN3O3/c1-15(30)27(2)12-17-13-28(11-16-5-4-6-18(25)9-16)22(14-29)24-23(17)20-8-7-19(31-3)10-21(20)26-24/h4-10,17,22,26,29H,11-14H2,1-3H3/t17?,22-/m0/s1. The third-order valence-electron chi connectivity index (χ3n) is 6.19. The maximum atomic E-state index is 13.8. The summed E-state index contributed by atoms with van der Waals surface area (Å²) in [5.74, 6) is 0.522. The van der Waals surface area contributed by atoms with Crippen molar-refractivity contribution in [3.8, 4) is 5.75 Å². The van der Waals surface area contributed by atoms with Crippen molar-refractivity contribution in [2.24, 2.45) is 0 Å². The number of amides is 1. The van der Waals surface area contributed by atoms with E-state index in [9.17, 15) is 14.3 Å². The summed E-state index contributed by atoms with van der Waals surface area (Å²) in [5.41, 5.74) is 3.85. The average Bonchev–Trinajstić information content (AvgIpc) is 3.12. The quantitative estimate of drug-likeness (QED) is 0.635. The predicted molar refractivity (Wildman–Crippen MR) is 118 cm³/mol. The first-order chi connectivity index (χ1) is 14.9. The Morgan fingerprint density at radius 1 is 1.32 bits per heavy atom. The molecule has 164 valence electrons. The molecule has 1 aliphatic heterocycles. The van der Waals surface area contributed by atoms with Crippen LogP contribution in [0.1, 0.15) is 35.7 Å². The van der Waals surface area contributed by atoms with Gasteiger partial charge in [0.1, 0.15) is 11.6 Å². The number of carbonyl (C=O) groups is 1. The monoisotopic (exact) mass is 425 g/mol. The molecular weight excluding hydrogens is 397 g/mol. The highest BCUT2D eigenvalue weighted by atomic mass is 19.1. The van der Waals surface area contributed by atoms with Gasteiger partial charge in [-0.05, 0) is 35.4 Å². The van der Waals surface area contributed by atoms with Crippen molar-refractivity contribution in [2.75, 3.05) is 33.9 Å². The van der Waals surface area contributed by atoms with Crippen molar-refractivity contribution in [3.63, 3.8) is 0 Å². The molecule has 0 fully saturated rings. The van der Waals surface area contributed by atoms with Crippen LogP contribution in [0.5, 0.6) is 5.75 Å². The molecule has 2 aromatic carbocycles. The molecule has 1 unspecified atom stereocenters. The van der Waals surface area contributed by atoms with Crippen molar-refractivity contribution in [1.29, 1.82) is 0 Å². The fraction of sp³-hybridized carbons (Fsp3) is 0.375. The molecule has 0 radical (unpaired) electrons. The number of nitrogens with one attached hydrogen (secondary N) is 1.